The summed E-state index contributed by atoms with van der Waals surface area (Å²) in [5, 5.41) is 5.40. The van der Waals surface area contributed by atoms with Gasteiger partial charge in [-0.1, -0.05) is 104 Å². The smallest absolute Gasteiger partial charge is 0.0413 e. The minimum atomic E-state index is -0.307. The predicted octanol–water partition coefficient (Wildman–Crippen LogP) is 9.10. The lowest BCUT2D eigenvalue weighted by atomic mass is 9.77. The first-order chi connectivity index (χ1) is 17.5. The monoisotopic (exact) mass is 469 g/mol. The van der Waals surface area contributed by atoms with Crippen molar-refractivity contribution in [1.29, 1.82) is 0 Å². The molecule has 2 N–H and O–H groups in total. The van der Waals surface area contributed by atoms with E-state index >= 15 is 0 Å². The fourth-order valence-electron chi connectivity index (χ4n) is 6.41. The third-order valence-electron chi connectivity index (χ3n) is 8.56. The molecule has 0 aliphatic heterocycles. The summed E-state index contributed by atoms with van der Waals surface area (Å²) in [6.45, 7) is 6.62. The van der Waals surface area contributed by atoms with Crippen molar-refractivity contribution in [2.24, 2.45) is 5.73 Å². The Kier molecular flexibility index (Phi) is 5.69. The fraction of sp³-hybridized carbons (Fsp3) is 0.257. The number of benzene rings is 5. The third-order valence-corrected chi connectivity index (χ3v) is 8.56. The normalized spacial score (nSPS) is 13.4. The summed E-state index contributed by atoms with van der Waals surface area (Å²) in [7, 11) is 0. The Bertz CT molecular complexity index is 1590. The molecule has 1 heteroatoms. The molecular weight excluding hydrogens is 434 g/mol. The van der Waals surface area contributed by atoms with Crippen LogP contribution >= 0.6 is 0 Å². The van der Waals surface area contributed by atoms with Gasteiger partial charge in [-0.3, -0.25) is 0 Å². The maximum absolute atomic E-state index is 7.12. The Hall–Kier alpha value is -3.42. The molecule has 0 unspecified atom stereocenters. The summed E-state index contributed by atoms with van der Waals surface area (Å²) in [5.41, 5.74) is 17.6. The van der Waals surface area contributed by atoms with Gasteiger partial charge in [-0.25, -0.2) is 0 Å². The van der Waals surface area contributed by atoms with Crippen molar-refractivity contribution < 1.29 is 0 Å². The molecule has 0 spiro atoms. The highest BCUT2D eigenvalue weighted by Crippen LogP contribution is 2.45. The van der Waals surface area contributed by atoms with Crippen molar-refractivity contribution in [2.45, 2.75) is 58.4 Å². The molecule has 1 aliphatic carbocycles. The maximum Gasteiger partial charge on any atom is 0.0413 e. The molecule has 0 fully saturated rings. The number of nitrogens with two attached hydrogens (primary N) is 1. The second-order valence-electron chi connectivity index (χ2n) is 10.6. The van der Waals surface area contributed by atoms with Crippen molar-refractivity contribution in [3.63, 3.8) is 0 Å². The number of aryl methyl sites for hydroxylation is 3. The molecule has 0 amide bonds. The molecule has 1 nitrogen and oxygen atoms in total. The van der Waals surface area contributed by atoms with Gasteiger partial charge in [0.25, 0.3) is 0 Å². The van der Waals surface area contributed by atoms with Gasteiger partial charge in [0.15, 0.2) is 0 Å². The van der Waals surface area contributed by atoms with Crippen LogP contribution in [0.25, 0.3) is 43.8 Å². The highest BCUT2D eigenvalue weighted by atomic mass is 14.7. The van der Waals surface area contributed by atoms with Crippen LogP contribution in [0.5, 0.6) is 0 Å². The molecule has 2 bridgehead atoms. The molecule has 5 aromatic rings. The van der Waals surface area contributed by atoms with E-state index in [0.29, 0.717) is 0 Å². The molecule has 5 aromatic carbocycles. The van der Waals surface area contributed by atoms with Crippen LogP contribution in [0.4, 0.5) is 0 Å². The first-order valence-electron chi connectivity index (χ1n) is 13.5. The summed E-state index contributed by atoms with van der Waals surface area (Å²) < 4.78 is 0. The summed E-state index contributed by atoms with van der Waals surface area (Å²) in [5.74, 6) is 0. The van der Waals surface area contributed by atoms with Crippen LogP contribution in [-0.2, 0) is 18.4 Å². The number of fused-ring (bicyclic) bond motifs is 5. The van der Waals surface area contributed by atoms with Crippen LogP contribution in [0.1, 0.15) is 55.4 Å². The molecule has 6 rings (SSSR count). The molecular formula is C35H35N. The highest BCUT2D eigenvalue weighted by Gasteiger charge is 2.30. The van der Waals surface area contributed by atoms with Gasteiger partial charge in [0, 0.05) is 5.54 Å². The molecule has 180 valence electrons. The minimum Gasteiger partial charge on any atom is -0.321 e. The van der Waals surface area contributed by atoms with E-state index in [1.54, 1.807) is 0 Å². The Morgan fingerprint density at radius 2 is 1.33 bits per heavy atom. The van der Waals surface area contributed by atoms with Gasteiger partial charge in [0.1, 0.15) is 0 Å². The largest absolute Gasteiger partial charge is 0.321 e. The van der Waals surface area contributed by atoms with Crippen molar-refractivity contribution >= 4 is 21.5 Å². The Morgan fingerprint density at radius 3 is 2.08 bits per heavy atom. The van der Waals surface area contributed by atoms with Crippen molar-refractivity contribution in [2.75, 3.05) is 0 Å². The Balaban J connectivity index is 1.71. The van der Waals surface area contributed by atoms with E-state index in [4.69, 9.17) is 5.73 Å². The lowest BCUT2D eigenvalue weighted by Crippen LogP contribution is -2.36. The molecule has 0 aromatic heterocycles. The molecule has 0 heterocycles. The van der Waals surface area contributed by atoms with Crippen molar-refractivity contribution in [1.82, 2.24) is 0 Å². The summed E-state index contributed by atoms with van der Waals surface area (Å²) in [6, 6.07) is 32.0. The lowest BCUT2D eigenvalue weighted by Gasteiger charge is -2.32. The van der Waals surface area contributed by atoms with E-state index in [0.717, 1.165) is 32.1 Å². The van der Waals surface area contributed by atoms with Gasteiger partial charge < -0.3 is 5.73 Å². The van der Waals surface area contributed by atoms with Gasteiger partial charge in [0.05, 0.1) is 0 Å². The van der Waals surface area contributed by atoms with Crippen molar-refractivity contribution in [3.05, 3.63) is 107 Å². The van der Waals surface area contributed by atoms with Crippen LogP contribution in [-0.4, -0.2) is 0 Å². The standard InChI is InChI=1S/C35H35N/c1-4-35(36,5-2)34-26-12-8-10-25-11-9-15-29-27(24-18-16-23(3)17-19-24)20-21-30(33(25)29)32(22-26)28-13-6-7-14-31(28)34/h6-7,9,11,13-22H,4-5,8,10,12,36H2,1-3H3. The van der Waals surface area contributed by atoms with Crippen LogP contribution < -0.4 is 5.73 Å². The second kappa shape index (κ2) is 8.91. The highest BCUT2D eigenvalue weighted by molar-refractivity contribution is 6.11. The topological polar surface area (TPSA) is 26.0 Å². The van der Waals surface area contributed by atoms with Crippen LogP contribution in [0.2, 0.25) is 0 Å². The molecule has 0 saturated carbocycles. The van der Waals surface area contributed by atoms with Gasteiger partial charge >= 0.3 is 0 Å². The minimum absolute atomic E-state index is 0.307. The van der Waals surface area contributed by atoms with Crippen LogP contribution in [0.15, 0.2) is 84.9 Å². The Morgan fingerprint density at radius 1 is 0.667 bits per heavy atom. The summed E-state index contributed by atoms with van der Waals surface area (Å²) >= 11 is 0. The summed E-state index contributed by atoms with van der Waals surface area (Å²) in [4.78, 5) is 0. The van der Waals surface area contributed by atoms with E-state index in [1.807, 2.05) is 0 Å². The average molecular weight is 470 g/mol. The van der Waals surface area contributed by atoms with Gasteiger partial charge in [-0.15, -0.1) is 0 Å². The van der Waals surface area contributed by atoms with Crippen LogP contribution in [0, 0.1) is 6.92 Å². The summed E-state index contributed by atoms with van der Waals surface area (Å²) in [6.07, 6.45) is 5.14. The SMILES string of the molecule is CCC(N)(CC)c1c2cc(c3ccccc13)-c1ccc(-c3ccc(C)cc3)c3cccc(c13)CCC2. The van der Waals surface area contributed by atoms with Gasteiger partial charge in [0.2, 0.25) is 0 Å². The molecule has 0 saturated heterocycles. The number of hydrogen-bond donors (Lipinski definition) is 1. The average Bonchev–Trinajstić information content (AvgIpc) is 2.98. The van der Waals surface area contributed by atoms with E-state index < -0.39 is 0 Å². The van der Waals surface area contributed by atoms with Gasteiger partial charge in [-0.2, -0.15) is 0 Å². The predicted molar refractivity (Wildman–Crippen MR) is 156 cm³/mol. The van der Waals surface area contributed by atoms with E-state index in [2.05, 4.69) is 106 Å². The second-order valence-corrected chi connectivity index (χ2v) is 10.6. The first-order valence-corrected chi connectivity index (χ1v) is 13.5. The zero-order valence-electron chi connectivity index (χ0n) is 21.7. The molecule has 36 heavy (non-hydrogen) atoms. The fourth-order valence-corrected chi connectivity index (χ4v) is 6.41. The van der Waals surface area contributed by atoms with E-state index in [1.165, 1.54) is 66.1 Å². The van der Waals surface area contributed by atoms with E-state index in [9.17, 15) is 0 Å². The van der Waals surface area contributed by atoms with Gasteiger partial charge in [-0.05, 0) is 99.5 Å². The van der Waals surface area contributed by atoms with E-state index in [-0.39, 0.29) is 5.54 Å². The molecule has 0 atom stereocenters. The third kappa shape index (κ3) is 3.57. The molecule has 1 aliphatic rings. The quantitative estimate of drug-likeness (QED) is 0.279. The van der Waals surface area contributed by atoms with Crippen LogP contribution in [0.3, 0.4) is 0 Å². The maximum atomic E-state index is 7.12. The number of rotatable bonds is 4. The molecule has 0 radical (unpaired) electrons. The lowest BCUT2D eigenvalue weighted by molar-refractivity contribution is 0.412. The first kappa shape index (κ1) is 23.0. The Labute approximate surface area is 215 Å². The van der Waals surface area contributed by atoms with Crippen molar-refractivity contribution in [3.8, 4) is 22.3 Å². The number of hydrogen-bond acceptors (Lipinski definition) is 1. The zero-order chi connectivity index (χ0) is 24.9. The zero-order valence-corrected chi connectivity index (χ0v) is 21.7.